The Morgan fingerprint density at radius 2 is 1.69 bits per heavy atom. The molecule has 2 aromatic rings. The number of nitrogens with zero attached hydrogens (tertiary/aromatic N) is 2. The Kier molecular flexibility index (Phi) is 8.71. The lowest BCUT2D eigenvalue weighted by atomic mass is 10.1. The van der Waals surface area contributed by atoms with Gasteiger partial charge in [-0.2, -0.15) is 0 Å². The molecule has 0 atom stereocenters. The molecule has 0 bridgehead atoms. The van der Waals surface area contributed by atoms with E-state index in [9.17, 15) is 14.4 Å². The van der Waals surface area contributed by atoms with Gasteiger partial charge in [-0.05, 0) is 55.3 Å². The van der Waals surface area contributed by atoms with E-state index in [1.165, 1.54) is 18.9 Å². The molecule has 0 aromatic heterocycles. The molecule has 7 heteroatoms. The second-order valence-corrected chi connectivity index (χ2v) is 7.79. The second-order valence-electron chi connectivity index (χ2n) is 7.79. The summed E-state index contributed by atoms with van der Waals surface area (Å²) >= 11 is 0. The molecule has 0 unspecified atom stereocenters. The van der Waals surface area contributed by atoms with Gasteiger partial charge in [0.15, 0.2) is 5.78 Å². The number of benzene rings is 2. The van der Waals surface area contributed by atoms with E-state index in [0.717, 1.165) is 30.8 Å². The molecule has 7 nitrogen and oxygen atoms in total. The zero-order valence-electron chi connectivity index (χ0n) is 18.1. The molecule has 3 amide bonds. The van der Waals surface area contributed by atoms with Crippen LogP contribution in [-0.2, 0) is 11.3 Å². The van der Waals surface area contributed by atoms with E-state index in [4.69, 9.17) is 5.11 Å². The number of hydrogen-bond acceptors (Lipinski definition) is 5. The zero-order valence-corrected chi connectivity index (χ0v) is 18.1. The monoisotopic (exact) mass is 435 g/mol. The molecular weight excluding hydrogens is 406 g/mol. The van der Waals surface area contributed by atoms with Crippen molar-refractivity contribution in [1.29, 1.82) is 0 Å². The first-order valence-corrected chi connectivity index (χ1v) is 10.8. The van der Waals surface area contributed by atoms with Crippen LogP contribution in [-0.4, -0.2) is 65.4 Å². The maximum Gasteiger partial charge on any atom is 0.324 e. The number of aliphatic hydroxyl groups excluding tert-OH is 1. The number of hydrogen-bond donors (Lipinski definition) is 2. The molecule has 0 saturated carbocycles. The Bertz CT molecular complexity index is 935. The summed E-state index contributed by atoms with van der Waals surface area (Å²) in [4.78, 5) is 40.6. The van der Waals surface area contributed by atoms with Crippen LogP contribution in [0.3, 0.4) is 0 Å². The van der Waals surface area contributed by atoms with Gasteiger partial charge in [0.05, 0.1) is 0 Å². The van der Waals surface area contributed by atoms with Gasteiger partial charge in [0, 0.05) is 25.2 Å². The van der Waals surface area contributed by atoms with Crippen molar-refractivity contribution in [3.63, 3.8) is 0 Å². The normalized spacial score (nSPS) is 13.9. The van der Waals surface area contributed by atoms with Crippen molar-refractivity contribution in [2.24, 2.45) is 0 Å². The Labute approximate surface area is 188 Å². The topological polar surface area (TPSA) is 90.0 Å². The molecule has 1 fully saturated rings. The largest absolute Gasteiger partial charge is 0.388 e. The van der Waals surface area contributed by atoms with Crippen molar-refractivity contribution in [1.82, 2.24) is 15.1 Å². The van der Waals surface area contributed by atoms with Crippen LogP contribution in [0.15, 0.2) is 60.7 Å². The Balaban J connectivity index is 1.66. The van der Waals surface area contributed by atoms with Gasteiger partial charge in [-0.1, -0.05) is 48.5 Å². The lowest BCUT2D eigenvalue weighted by molar-refractivity contribution is -0.117. The minimum atomic E-state index is -0.516. The van der Waals surface area contributed by atoms with E-state index in [0.29, 0.717) is 18.7 Å². The number of nitrogens with one attached hydrogen (secondary N) is 1. The molecule has 168 valence electrons. The van der Waals surface area contributed by atoms with Crippen molar-refractivity contribution in [3.05, 3.63) is 77.4 Å². The summed E-state index contributed by atoms with van der Waals surface area (Å²) < 4.78 is 0. The summed E-state index contributed by atoms with van der Waals surface area (Å²) in [5.41, 5.74) is 2.18. The van der Waals surface area contributed by atoms with E-state index in [1.54, 1.807) is 35.2 Å². The molecule has 1 aliphatic heterocycles. The first-order valence-electron chi connectivity index (χ1n) is 10.8. The molecule has 2 aromatic carbocycles. The van der Waals surface area contributed by atoms with Crippen molar-refractivity contribution >= 4 is 23.8 Å². The quantitative estimate of drug-likeness (QED) is 0.591. The van der Waals surface area contributed by atoms with Crippen molar-refractivity contribution in [2.75, 3.05) is 32.8 Å². The first kappa shape index (κ1) is 23.4. The summed E-state index contributed by atoms with van der Waals surface area (Å²) in [6.45, 7) is 3.19. The third-order valence-electron chi connectivity index (χ3n) is 5.40. The van der Waals surface area contributed by atoms with E-state index < -0.39 is 18.5 Å². The highest BCUT2D eigenvalue weighted by atomic mass is 16.3. The molecule has 0 aliphatic carbocycles. The van der Waals surface area contributed by atoms with E-state index in [2.05, 4.69) is 10.2 Å². The zero-order chi connectivity index (χ0) is 22.8. The van der Waals surface area contributed by atoms with Gasteiger partial charge in [0.1, 0.15) is 6.61 Å². The lowest BCUT2D eigenvalue weighted by Gasteiger charge is -2.25. The summed E-state index contributed by atoms with van der Waals surface area (Å²) in [5.74, 6) is -0.780. The predicted molar refractivity (Wildman–Crippen MR) is 123 cm³/mol. The van der Waals surface area contributed by atoms with Gasteiger partial charge in [-0.25, -0.2) is 4.79 Å². The van der Waals surface area contributed by atoms with Gasteiger partial charge in [-0.15, -0.1) is 0 Å². The molecule has 0 radical (unpaired) electrons. The Morgan fingerprint density at radius 1 is 1.00 bits per heavy atom. The molecule has 0 spiro atoms. The number of imide groups is 1. The maximum atomic E-state index is 12.9. The summed E-state index contributed by atoms with van der Waals surface area (Å²) in [6.07, 6.45) is 5.32. The van der Waals surface area contributed by atoms with Gasteiger partial charge in [-0.3, -0.25) is 14.9 Å². The molecular formula is C25H29N3O4. The number of urea groups is 1. The van der Waals surface area contributed by atoms with Crippen LogP contribution in [0.25, 0.3) is 6.08 Å². The van der Waals surface area contributed by atoms with Crippen molar-refractivity contribution in [2.45, 2.75) is 19.4 Å². The number of carbonyl (C=O) groups excluding carboxylic acids is 3. The summed E-state index contributed by atoms with van der Waals surface area (Å²) in [7, 11) is 0. The molecule has 32 heavy (non-hydrogen) atoms. The smallest absolute Gasteiger partial charge is 0.324 e. The second kappa shape index (κ2) is 11.9. The molecule has 1 heterocycles. The van der Waals surface area contributed by atoms with Crippen LogP contribution in [0.5, 0.6) is 0 Å². The van der Waals surface area contributed by atoms with Gasteiger partial charge in [0.25, 0.3) is 5.91 Å². The minimum Gasteiger partial charge on any atom is -0.388 e. The standard InChI is InChI=1S/C25H29N3O4/c29-19-23(30)13-12-20-8-10-21(11-9-20)18-28(17-16-27-14-4-5-15-27)25(32)26-24(31)22-6-2-1-3-7-22/h1-3,6-13,29H,4-5,14-19H2,(H,26,31,32)/b13-12+. The Morgan fingerprint density at radius 3 is 2.34 bits per heavy atom. The first-order chi connectivity index (χ1) is 15.5. The van der Waals surface area contributed by atoms with E-state index in [-0.39, 0.29) is 5.78 Å². The minimum absolute atomic E-state index is 0.359. The number of carbonyl (C=O) groups is 3. The summed E-state index contributed by atoms with van der Waals surface area (Å²) in [5, 5.41) is 11.3. The highest BCUT2D eigenvalue weighted by Crippen LogP contribution is 2.12. The van der Waals surface area contributed by atoms with Gasteiger partial charge in [0.2, 0.25) is 0 Å². The average Bonchev–Trinajstić information content (AvgIpc) is 3.35. The third kappa shape index (κ3) is 7.14. The fourth-order valence-corrected chi connectivity index (χ4v) is 3.56. The van der Waals surface area contributed by atoms with Crippen LogP contribution in [0.4, 0.5) is 4.79 Å². The molecule has 1 aliphatic rings. The fourth-order valence-electron chi connectivity index (χ4n) is 3.56. The molecule has 1 saturated heterocycles. The number of rotatable bonds is 9. The SMILES string of the molecule is O=C(/C=C/c1ccc(CN(CCN2CCCC2)C(=O)NC(=O)c2ccccc2)cc1)CO. The van der Waals surface area contributed by atoms with E-state index in [1.807, 2.05) is 30.3 Å². The number of ketones is 1. The van der Waals surface area contributed by atoms with Crippen molar-refractivity contribution in [3.8, 4) is 0 Å². The fraction of sp³-hybridized carbons (Fsp3) is 0.320. The predicted octanol–water partition coefficient (Wildman–Crippen LogP) is 2.71. The van der Waals surface area contributed by atoms with Crippen LogP contribution >= 0.6 is 0 Å². The van der Waals surface area contributed by atoms with Gasteiger partial charge >= 0.3 is 6.03 Å². The van der Waals surface area contributed by atoms with E-state index >= 15 is 0 Å². The number of aliphatic hydroxyl groups is 1. The average molecular weight is 436 g/mol. The molecule has 3 rings (SSSR count). The highest BCUT2D eigenvalue weighted by molar-refractivity contribution is 6.04. The third-order valence-corrected chi connectivity index (χ3v) is 5.40. The van der Waals surface area contributed by atoms with Gasteiger partial charge < -0.3 is 14.9 Å². The maximum absolute atomic E-state index is 12.9. The lowest BCUT2D eigenvalue weighted by Crippen LogP contribution is -2.45. The summed E-state index contributed by atoms with van der Waals surface area (Å²) in [6, 6.07) is 15.7. The molecule has 2 N–H and O–H groups in total. The van der Waals surface area contributed by atoms with Crippen LogP contribution in [0.2, 0.25) is 0 Å². The van der Waals surface area contributed by atoms with Crippen LogP contribution < -0.4 is 5.32 Å². The Hall–Kier alpha value is -3.29. The highest BCUT2D eigenvalue weighted by Gasteiger charge is 2.20. The van der Waals surface area contributed by atoms with Crippen molar-refractivity contribution < 1.29 is 19.5 Å². The van der Waals surface area contributed by atoms with Crippen LogP contribution in [0, 0.1) is 0 Å². The number of likely N-dealkylation sites (tertiary alicyclic amines) is 1. The van der Waals surface area contributed by atoms with Crippen LogP contribution in [0.1, 0.15) is 34.3 Å². The number of amides is 3.